The predicted octanol–water partition coefficient (Wildman–Crippen LogP) is 2.95. The average molecular weight is 199 g/mol. The van der Waals surface area contributed by atoms with Crippen molar-refractivity contribution >= 4 is 0 Å². The zero-order chi connectivity index (χ0) is 10.7. The monoisotopic (exact) mass is 199 g/mol. The highest BCUT2D eigenvalue weighted by Gasteiger charge is 2.24. The molecule has 1 aliphatic carbocycles. The second kappa shape index (κ2) is 4.48. The van der Waals surface area contributed by atoms with Gasteiger partial charge in [-0.15, -0.1) is 5.73 Å². The maximum atomic E-state index is 3.60. The minimum atomic E-state index is 0.575. The Bertz CT molecular complexity index is 388. The second-order valence-electron chi connectivity index (χ2n) is 4.10. The van der Waals surface area contributed by atoms with Crippen LogP contribution in [-0.2, 0) is 6.42 Å². The van der Waals surface area contributed by atoms with E-state index in [4.69, 9.17) is 0 Å². The van der Waals surface area contributed by atoms with E-state index in [-0.39, 0.29) is 0 Å². The van der Waals surface area contributed by atoms with Crippen molar-refractivity contribution in [2.24, 2.45) is 0 Å². The van der Waals surface area contributed by atoms with E-state index >= 15 is 0 Å². The lowest BCUT2D eigenvalue weighted by molar-refractivity contribution is 0.270. The predicted molar refractivity (Wildman–Crippen MR) is 63.8 cm³/mol. The molecule has 2 rings (SSSR count). The molecule has 0 aromatic heterocycles. The first-order valence-electron chi connectivity index (χ1n) is 5.45. The number of hydrogen-bond acceptors (Lipinski definition) is 1. The van der Waals surface area contributed by atoms with E-state index in [1.165, 1.54) is 24.0 Å². The molecule has 1 aromatic carbocycles. The zero-order valence-corrected chi connectivity index (χ0v) is 9.24. The summed E-state index contributed by atoms with van der Waals surface area (Å²) in [6.07, 6.45) is 4.44. The number of fused-ring (bicyclic) bond motifs is 1. The molecule has 0 aliphatic heterocycles. The van der Waals surface area contributed by atoms with Crippen LogP contribution in [0, 0.1) is 0 Å². The lowest BCUT2D eigenvalue weighted by Crippen LogP contribution is -2.22. The van der Waals surface area contributed by atoms with Gasteiger partial charge in [0.2, 0.25) is 0 Å². The fourth-order valence-corrected chi connectivity index (χ4v) is 2.33. The second-order valence-corrected chi connectivity index (χ2v) is 4.10. The smallest absolute Gasteiger partial charge is 0.0354 e. The molecule has 1 aromatic rings. The van der Waals surface area contributed by atoms with Crippen LogP contribution in [-0.4, -0.2) is 18.5 Å². The fourth-order valence-electron chi connectivity index (χ4n) is 2.33. The first kappa shape index (κ1) is 10.2. The standard InChI is InChI=1S/C14H17N/c1-3-4-11-15(2)14-10-9-12-7-5-6-8-13(12)14/h4-8,14H,1,9-11H2,2H3/t14-/m1/s1. The minimum absolute atomic E-state index is 0.575. The van der Waals surface area contributed by atoms with Crippen LogP contribution in [0.25, 0.3) is 0 Å². The molecule has 0 fully saturated rings. The summed E-state index contributed by atoms with van der Waals surface area (Å²) in [4.78, 5) is 2.37. The molecule has 0 N–H and O–H groups in total. The zero-order valence-electron chi connectivity index (χ0n) is 9.24. The summed E-state index contributed by atoms with van der Waals surface area (Å²) in [5.74, 6) is 0. The van der Waals surface area contributed by atoms with Crippen LogP contribution >= 0.6 is 0 Å². The van der Waals surface area contributed by atoms with Crippen LogP contribution in [0.15, 0.2) is 42.7 Å². The topological polar surface area (TPSA) is 3.24 Å². The van der Waals surface area contributed by atoms with E-state index in [9.17, 15) is 0 Å². The van der Waals surface area contributed by atoms with Gasteiger partial charge in [0, 0.05) is 12.6 Å². The average Bonchev–Trinajstić information content (AvgIpc) is 2.69. The van der Waals surface area contributed by atoms with Crippen LogP contribution in [0.1, 0.15) is 23.6 Å². The van der Waals surface area contributed by atoms with Crippen LogP contribution < -0.4 is 0 Å². The van der Waals surface area contributed by atoms with Crippen LogP contribution in [0.3, 0.4) is 0 Å². The quantitative estimate of drug-likeness (QED) is 0.676. The molecule has 0 heterocycles. The first-order chi connectivity index (χ1) is 7.33. The number of aryl methyl sites for hydroxylation is 1. The summed E-state index contributed by atoms with van der Waals surface area (Å²) in [5.41, 5.74) is 5.84. The molecular weight excluding hydrogens is 182 g/mol. The van der Waals surface area contributed by atoms with Gasteiger partial charge in [-0.1, -0.05) is 30.8 Å². The SMILES string of the molecule is C=C=CCN(C)[C@@H]1CCc2ccccc21. The van der Waals surface area contributed by atoms with Crippen molar-refractivity contribution in [1.29, 1.82) is 0 Å². The maximum absolute atomic E-state index is 3.60. The molecule has 0 amide bonds. The van der Waals surface area contributed by atoms with Crippen molar-refractivity contribution < 1.29 is 0 Å². The van der Waals surface area contributed by atoms with Gasteiger partial charge in [-0.25, -0.2) is 0 Å². The Morgan fingerprint density at radius 2 is 2.33 bits per heavy atom. The van der Waals surface area contributed by atoms with Gasteiger partial charge in [-0.3, -0.25) is 4.90 Å². The summed E-state index contributed by atoms with van der Waals surface area (Å²) in [6, 6.07) is 9.33. The largest absolute Gasteiger partial charge is 0.295 e. The lowest BCUT2D eigenvalue weighted by Gasteiger charge is -2.23. The van der Waals surface area contributed by atoms with Crippen molar-refractivity contribution in [1.82, 2.24) is 4.90 Å². The van der Waals surface area contributed by atoms with Crippen LogP contribution in [0.4, 0.5) is 0 Å². The van der Waals surface area contributed by atoms with Gasteiger partial charge in [0.25, 0.3) is 0 Å². The molecule has 0 spiro atoms. The van der Waals surface area contributed by atoms with Crippen molar-refractivity contribution in [3.63, 3.8) is 0 Å². The maximum Gasteiger partial charge on any atom is 0.0354 e. The molecule has 0 radical (unpaired) electrons. The third-order valence-electron chi connectivity index (χ3n) is 3.16. The van der Waals surface area contributed by atoms with E-state index in [0.29, 0.717) is 6.04 Å². The molecule has 0 unspecified atom stereocenters. The highest BCUT2D eigenvalue weighted by molar-refractivity contribution is 5.34. The van der Waals surface area contributed by atoms with Crippen LogP contribution in [0.2, 0.25) is 0 Å². The minimum Gasteiger partial charge on any atom is -0.295 e. The molecule has 1 heteroatoms. The van der Waals surface area contributed by atoms with Gasteiger partial charge in [0.1, 0.15) is 0 Å². The molecule has 0 saturated carbocycles. The number of rotatable bonds is 3. The van der Waals surface area contributed by atoms with Crippen molar-refractivity contribution in [2.45, 2.75) is 18.9 Å². The number of nitrogens with zero attached hydrogens (tertiary/aromatic N) is 1. The van der Waals surface area contributed by atoms with Crippen LogP contribution in [0.5, 0.6) is 0 Å². The first-order valence-corrected chi connectivity index (χ1v) is 5.45. The van der Waals surface area contributed by atoms with Gasteiger partial charge < -0.3 is 0 Å². The molecular formula is C14H17N. The Kier molecular flexibility index (Phi) is 3.05. The van der Waals surface area contributed by atoms with Gasteiger partial charge in [-0.2, -0.15) is 0 Å². The lowest BCUT2D eigenvalue weighted by atomic mass is 10.1. The highest BCUT2D eigenvalue weighted by Crippen LogP contribution is 2.34. The molecule has 15 heavy (non-hydrogen) atoms. The van der Waals surface area contributed by atoms with Gasteiger partial charge >= 0.3 is 0 Å². The summed E-state index contributed by atoms with van der Waals surface area (Å²) < 4.78 is 0. The molecule has 78 valence electrons. The summed E-state index contributed by atoms with van der Waals surface area (Å²) >= 11 is 0. The molecule has 1 atom stereocenters. The molecule has 1 aliphatic rings. The molecule has 0 bridgehead atoms. The Labute approximate surface area is 91.7 Å². The number of hydrogen-bond donors (Lipinski definition) is 0. The van der Waals surface area contributed by atoms with E-state index < -0.39 is 0 Å². The van der Waals surface area contributed by atoms with E-state index in [2.05, 4.69) is 48.5 Å². The third-order valence-corrected chi connectivity index (χ3v) is 3.16. The number of likely N-dealkylation sites (N-methyl/N-ethyl adjacent to an activating group) is 1. The third kappa shape index (κ3) is 2.04. The summed E-state index contributed by atoms with van der Waals surface area (Å²) in [7, 11) is 2.17. The van der Waals surface area contributed by atoms with Gasteiger partial charge in [0.15, 0.2) is 0 Å². The van der Waals surface area contributed by atoms with Gasteiger partial charge in [0.05, 0.1) is 0 Å². The van der Waals surface area contributed by atoms with Crippen molar-refractivity contribution in [3.8, 4) is 0 Å². The Balaban J connectivity index is 2.16. The Morgan fingerprint density at radius 3 is 3.13 bits per heavy atom. The number of benzene rings is 1. The van der Waals surface area contributed by atoms with Crippen molar-refractivity contribution in [2.75, 3.05) is 13.6 Å². The fraction of sp³-hybridized carbons (Fsp3) is 0.357. The molecule has 0 saturated heterocycles. The van der Waals surface area contributed by atoms with Crippen molar-refractivity contribution in [3.05, 3.63) is 53.8 Å². The Morgan fingerprint density at radius 1 is 1.53 bits per heavy atom. The normalized spacial score (nSPS) is 18.7. The highest BCUT2D eigenvalue weighted by atomic mass is 15.1. The summed E-state index contributed by atoms with van der Waals surface area (Å²) in [6.45, 7) is 4.53. The summed E-state index contributed by atoms with van der Waals surface area (Å²) in [5, 5.41) is 0. The van der Waals surface area contributed by atoms with E-state index in [1.54, 1.807) is 0 Å². The van der Waals surface area contributed by atoms with E-state index in [1.807, 2.05) is 6.08 Å². The van der Waals surface area contributed by atoms with E-state index in [0.717, 1.165) is 6.54 Å². The van der Waals surface area contributed by atoms with Gasteiger partial charge in [-0.05, 0) is 37.1 Å². The molecule has 1 nitrogen and oxygen atoms in total. The Hall–Kier alpha value is -1.30.